The van der Waals surface area contributed by atoms with E-state index in [2.05, 4.69) is 20.2 Å². The molecule has 1 fully saturated rings. The molecule has 9 nitrogen and oxygen atoms in total. The monoisotopic (exact) mass is 381 g/mol. The quantitative estimate of drug-likeness (QED) is 0.665. The lowest BCUT2D eigenvalue weighted by Crippen LogP contribution is -2.39. The molecule has 28 heavy (non-hydrogen) atoms. The lowest BCUT2D eigenvalue weighted by molar-refractivity contribution is 0.0703. The summed E-state index contributed by atoms with van der Waals surface area (Å²) in [4.78, 5) is 23.0. The number of methoxy groups -OCH3 is 1. The summed E-state index contributed by atoms with van der Waals surface area (Å²) < 4.78 is 9.13. The van der Waals surface area contributed by atoms with Crippen molar-refractivity contribution in [1.82, 2.24) is 34.2 Å². The standard InChI is InChI=1S/C19H23N7O2/c1-24-16(12-25-9-7-20-13-25)22-23-18(24)15-4-3-8-26(11-15)19(27)14-5-6-21-17(10-14)28-2/h5-7,9-10,13,15H,3-4,8,11-12H2,1-2H3/t15-/m1/s1. The molecule has 0 aliphatic carbocycles. The number of hydrogen-bond donors (Lipinski definition) is 0. The van der Waals surface area contributed by atoms with Gasteiger partial charge in [-0.3, -0.25) is 4.79 Å². The van der Waals surface area contributed by atoms with Crippen molar-refractivity contribution in [2.45, 2.75) is 25.3 Å². The van der Waals surface area contributed by atoms with E-state index < -0.39 is 0 Å². The highest BCUT2D eigenvalue weighted by molar-refractivity contribution is 5.94. The fraction of sp³-hybridized carbons (Fsp3) is 0.421. The van der Waals surface area contributed by atoms with Gasteiger partial charge in [-0.15, -0.1) is 10.2 Å². The van der Waals surface area contributed by atoms with Crippen molar-refractivity contribution in [2.24, 2.45) is 7.05 Å². The molecule has 0 spiro atoms. The Morgan fingerprint density at radius 1 is 1.32 bits per heavy atom. The first-order valence-corrected chi connectivity index (χ1v) is 9.29. The van der Waals surface area contributed by atoms with Crippen molar-refractivity contribution >= 4 is 5.91 Å². The Hall–Kier alpha value is -3.23. The molecule has 1 atom stereocenters. The summed E-state index contributed by atoms with van der Waals surface area (Å²) in [5, 5.41) is 8.78. The van der Waals surface area contributed by atoms with Crippen molar-refractivity contribution in [3.05, 3.63) is 54.3 Å². The van der Waals surface area contributed by atoms with Crippen LogP contribution in [0.3, 0.4) is 0 Å². The number of amides is 1. The topological polar surface area (TPSA) is 91.0 Å². The summed E-state index contributed by atoms with van der Waals surface area (Å²) >= 11 is 0. The second kappa shape index (κ2) is 7.79. The van der Waals surface area contributed by atoms with E-state index in [4.69, 9.17) is 4.74 Å². The Bertz CT molecular complexity index is 951. The van der Waals surface area contributed by atoms with Gasteiger partial charge < -0.3 is 18.8 Å². The van der Waals surface area contributed by atoms with Crippen LogP contribution in [0.25, 0.3) is 0 Å². The fourth-order valence-corrected chi connectivity index (χ4v) is 3.62. The van der Waals surface area contributed by atoms with Gasteiger partial charge in [0.25, 0.3) is 5.91 Å². The van der Waals surface area contributed by atoms with Crippen LogP contribution >= 0.6 is 0 Å². The molecule has 3 aromatic heterocycles. The van der Waals surface area contributed by atoms with Gasteiger partial charge in [0.2, 0.25) is 5.88 Å². The van der Waals surface area contributed by atoms with E-state index in [1.54, 1.807) is 38.0 Å². The first-order valence-electron chi connectivity index (χ1n) is 9.29. The minimum absolute atomic E-state index is 0.00814. The Balaban J connectivity index is 1.49. The molecule has 146 valence electrons. The van der Waals surface area contributed by atoms with Gasteiger partial charge in [-0.2, -0.15) is 0 Å². The zero-order valence-corrected chi connectivity index (χ0v) is 16.0. The lowest BCUT2D eigenvalue weighted by Gasteiger charge is -2.32. The van der Waals surface area contributed by atoms with E-state index in [0.29, 0.717) is 24.5 Å². The van der Waals surface area contributed by atoms with Crippen molar-refractivity contribution in [3.8, 4) is 5.88 Å². The molecule has 0 bridgehead atoms. The van der Waals surface area contributed by atoms with Gasteiger partial charge in [-0.05, 0) is 18.9 Å². The third-order valence-corrected chi connectivity index (χ3v) is 5.15. The van der Waals surface area contributed by atoms with Crippen LogP contribution in [-0.4, -0.2) is 60.3 Å². The molecule has 4 rings (SSSR count). The fourth-order valence-electron chi connectivity index (χ4n) is 3.62. The third-order valence-electron chi connectivity index (χ3n) is 5.15. The van der Waals surface area contributed by atoms with Gasteiger partial charge in [0.15, 0.2) is 5.82 Å². The zero-order chi connectivity index (χ0) is 19.5. The average Bonchev–Trinajstić information content (AvgIpc) is 3.38. The molecule has 0 saturated carbocycles. The van der Waals surface area contributed by atoms with Crippen LogP contribution in [0.1, 0.15) is 40.8 Å². The van der Waals surface area contributed by atoms with E-state index in [1.807, 2.05) is 27.3 Å². The maximum absolute atomic E-state index is 12.9. The molecule has 1 aliphatic heterocycles. The summed E-state index contributed by atoms with van der Waals surface area (Å²) in [6.45, 7) is 1.98. The molecule has 0 unspecified atom stereocenters. The third kappa shape index (κ3) is 3.60. The van der Waals surface area contributed by atoms with Gasteiger partial charge in [0.1, 0.15) is 5.82 Å². The van der Waals surface area contributed by atoms with Crippen molar-refractivity contribution in [3.63, 3.8) is 0 Å². The number of ether oxygens (including phenoxy) is 1. The van der Waals surface area contributed by atoms with Crippen LogP contribution in [0.2, 0.25) is 0 Å². The smallest absolute Gasteiger partial charge is 0.254 e. The SMILES string of the molecule is COc1cc(C(=O)N2CCC[C@@H](c3nnc(Cn4ccnc4)n3C)C2)ccn1. The number of rotatable bonds is 5. The van der Waals surface area contributed by atoms with Crippen LogP contribution in [0, 0.1) is 0 Å². The Morgan fingerprint density at radius 2 is 2.21 bits per heavy atom. The van der Waals surface area contributed by atoms with Gasteiger partial charge in [-0.1, -0.05) is 0 Å². The number of nitrogens with zero attached hydrogens (tertiary/aromatic N) is 7. The highest BCUT2D eigenvalue weighted by Crippen LogP contribution is 2.27. The van der Waals surface area contributed by atoms with Crippen LogP contribution in [0.4, 0.5) is 0 Å². The van der Waals surface area contributed by atoms with Gasteiger partial charge >= 0.3 is 0 Å². The predicted molar refractivity (Wildman–Crippen MR) is 101 cm³/mol. The number of hydrogen-bond acceptors (Lipinski definition) is 6. The molecule has 4 heterocycles. The molecule has 1 aliphatic rings. The summed E-state index contributed by atoms with van der Waals surface area (Å²) in [5.74, 6) is 2.38. The predicted octanol–water partition coefficient (Wildman–Crippen LogP) is 1.48. The lowest BCUT2D eigenvalue weighted by atomic mass is 9.96. The van der Waals surface area contributed by atoms with Crippen LogP contribution in [-0.2, 0) is 13.6 Å². The maximum Gasteiger partial charge on any atom is 0.254 e. The van der Waals surface area contributed by atoms with Gasteiger partial charge in [-0.25, -0.2) is 9.97 Å². The Kier molecular flexibility index (Phi) is 5.05. The highest BCUT2D eigenvalue weighted by atomic mass is 16.5. The number of aromatic nitrogens is 6. The van der Waals surface area contributed by atoms with Gasteiger partial charge in [0, 0.05) is 56.3 Å². The first-order chi connectivity index (χ1) is 13.7. The first kappa shape index (κ1) is 18.1. The van der Waals surface area contributed by atoms with Gasteiger partial charge in [0.05, 0.1) is 20.0 Å². The van der Waals surface area contributed by atoms with E-state index in [1.165, 1.54) is 0 Å². The number of piperidine rings is 1. The zero-order valence-electron chi connectivity index (χ0n) is 16.0. The number of imidazole rings is 1. The van der Waals surface area contributed by atoms with E-state index in [-0.39, 0.29) is 11.8 Å². The molecular formula is C19H23N7O2. The molecule has 0 aromatic carbocycles. The summed E-state index contributed by atoms with van der Waals surface area (Å²) in [6, 6.07) is 3.40. The van der Waals surface area contributed by atoms with E-state index in [0.717, 1.165) is 31.0 Å². The normalized spacial score (nSPS) is 16.9. The highest BCUT2D eigenvalue weighted by Gasteiger charge is 2.29. The molecule has 3 aromatic rings. The summed E-state index contributed by atoms with van der Waals surface area (Å²) in [5.41, 5.74) is 0.589. The average molecular weight is 381 g/mol. The number of pyridine rings is 1. The minimum Gasteiger partial charge on any atom is -0.481 e. The number of likely N-dealkylation sites (tertiary alicyclic amines) is 1. The molecule has 0 radical (unpaired) electrons. The maximum atomic E-state index is 12.9. The van der Waals surface area contributed by atoms with Crippen LogP contribution < -0.4 is 4.74 Å². The van der Waals surface area contributed by atoms with Crippen LogP contribution in [0.5, 0.6) is 5.88 Å². The largest absolute Gasteiger partial charge is 0.481 e. The second-order valence-electron chi connectivity index (χ2n) is 6.95. The summed E-state index contributed by atoms with van der Waals surface area (Å²) in [6.07, 6.45) is 8.92. The molecule has 9 heteroatoms. The Labute approximate surface area is 163 Å². The number of carbonyl (C=O) groups is 1. The minimum atomic E-state index is -0.00814. The number of carbonyl (C=O) groups excluding carboxylic acids is 1. The molecular weight excluding hydrogens is 358 g/mol. The molecule has 1 amide bonds. The second-order valence-corrected chi connectivity index (χ2v) is 6.95. The molecule has 0 N–H and O–H groups in total. The summed E-state index contributed by atoms with van der Waals surface area (Å²) in [7, 11) is 3.53. The van der Waals surface area contributed by atoms with Crippen LogP contribution in [0.15, 0.2) is 37.1 Å². The van der Waals surface area contributed by atoms with Crippen molar-refractivity contribution in [2.75, 3.05) is 20.2 Å². The van der Waals surface area contributed by atoms with E-state index >= 15 is 0 Å². The Morgan fingerprint density at radius 3 is 3.00 bits per heavy atom. The van der Waals surface area contributed by atoms with Crippen molar-refractivity contribution < 1.29 is 9.53 Å². The van der Waals surface area contributed by atoms with Crippen molar-refractivity contribution in [1.29, 1.82) is 0 Å². The molecule has 1 saturated heterocycles. The van der Waals surface area contributed by atoms with E-state index in [9.17, 15) is 4.79 Å².